The molecule has 2 unspecified atom stereocenters. The number of carboxylic acid groups (broad SMARTS) is 1. The maximum Gasteiger partial charge on any atom is 0.303 e. The van der Waals surface area contributed by atoms with Gasteiger partial charge in [0.2, 0.25) is 0 Å². The second-order valence-corrected chi connectivity index (χ2v) is 7.59. The molecule has 4 nitrogen and oxygen atoms in total. The number of aliphatic hydroxyl groups excluding tert-OH is 1. The lowest BCUT2D eigenvalue weighted by Crippen LogP contribution is -2.43. The number of carbonyl (C=O) groups is 1. The van der Waals surface area contributed by atoms with Crippen LogP contribution in [0.15, 0.2) is 18.2 Å². The third-order valence-corrected chi connectivity index (χ3v) is 4.71. The van der Waals surface area contributed by atoms with Gasteiger partial charge in [-0.1, -0.05) is 20.8 Å². The van der Waals surface area contributed by atoms with E-state index in [0.717, 1.165) is 24.2 Å². The van der Waals surface area contributed by atoms with Crippen LogP contribution in [0.3, 0.4) is 0 Å². The number of fused-ring (bicyclic) bond motifs is 1. The molecule has 0 spiro atoms. The fourth-order valence-electron chi connectivity index (χ4n) is 3.22. The molecule has 0 fully saturated rings. The van der Waals surface area contributed by atoms with Crippen LogP contribution in [0.25, 0.3) is 0 Å². The highest BCUT2D eigenvalue weighted by Gasteiger charge is 2.33. The molecule has 1 heterocycles. The summed E-state index contributed by atoms with van der Waals surface area (Å²) in [5, 5.41) is 18.5. The van der Waals surface area contributed by atoms with Crippen molar-refractivity contribution in [3.8, 4) is 0 Å². The van der Waals surface area contributed by atoms with Gasteiger partial charge in [0.25, 0.3) is 0 Å². The number of hydrogen-bond donors (Lipinski definition) is 2. The number of aliphatic carboxylic acids is 1. The molecule has 0 amide bonds. The molecule has 2 atom stereocenters. The number of halogens is 1. The Labute approximate surface area is 136 Å². The maximum absolute atomic E-state index is 13.6. The number of benzene rings is 1. The van der Waals surface area contributed by atoms with Crippen LogP contribution in [-0.4, -0.2) is 35.9 Å². The summed E-state index contributed by atoms with van der Waals surface area (Å²) in [5.41, 5.74) is 1.99. The molecule has 1 aromatic carbocycles. The van der Waals surface area contributed by atoms with Crippen molar-refractivity contribution in [3.05, 3.63) is 29.6 Å². The fraction of sp³-hybridized carbons (Fsp3) is 0.611. The lowest BCUT2D eigenvalue weighted by molar-refractivity contribution is -0.138. The van der Waals surface area contributed by atoms with Crippen molar-refractivity contribution in [1.29, 1.82) is 0 Å². The zero-order chi connectivity index (χ0) is 17.2. The fourth-order valence-corrected chi connectivity index (χ4v) is 3.22. The number of hydrogen-bond acceptors (Lipinski definition) is 3. The summed E-state index contributed by atoms with van der Waals surface area (Å²) >= 11 is 0. The van der Waals surface area contributed by atoms with Crippen molar-refractivity contribution in [2.75, 3.05) is 24.6 Å². The Bertz CT molecular complexity index is 568. The normalized spacial score (nSPS) is 19.3. The quantitative estimate of drug-likeness (QED) is 0.874. The van der Waals surface area contributed by atoms with Gasteiger partial charge in [0, 0.05) is 31.3 Å². The number of anilines is 1. The summed E-state index contributed by atoms with van der Waals surface area (Å²) in [4.78, 5) is 13.1. The van der Waals surface area contributed by atoms with Crippen LogP contribution in [0.2, 0.25) is 0 Å². The molecule has 1 aliphatic heterocycles. The second kappa shape index (κ2) is 6.87. The predicted molar refractivity (Wildman–Crippen MR) is 88.1 cm³/mol. The minimum atomic E-state index is -0.909. The van der Waals surface area contributed by atoms with Crippen LogP contribution in [0.5, 0.6) is 0 Å². The van der Waals surface area contributed by atoms with Crippen LogP contribution in [0.1, 0.15) is 32.8 Å². The molecule has 0 bridgehead atoms. The Balaban J connectivity index is 2.28. The number of carboxylic acids is 1. The van der Waals surface area contributed by atoms with Crippen molar-refractivity contribution in [1.82, 2.24) is 0 Å². The molecular formula is C18H26FNO3. The van der Waals surface area contributed by atoms with Gasteiger partial charge in [-0.3, -0.25) is 4.79 Å². The van der Waals surface area contributed by atoms with Gasteiger partial charge in [0.15, 0.2) is 0 Å². The Hall–Kier alpha value is -1.62. The standard InChI is InChI=1S/C18H26FNO3/c1-18(2,3)14-7-13-8-15(19)4-5-16(13)20(10-14)9-12(11-21)6-17(22)23/h4-5,8,12,14,21H,6-7,9-11H2,1-3H3,(H,22,23). The number of rotatable bonds is 5. The average molecular weight is 323 g/mol. The first kappa shape index (κ1) is 17.7. The van der Waals surface area contributed by atoms with E-state index in [4.69, 9.17) is 5.11 Å². The molecule has 128 valence electrons. The van der Waals surface area contributed by atoms with E-state index < -0.39 is 5.97 Å². The number of nitrogens with zero attached hydrogens (tertiary/aromatic N) is 1. The predicted octanol–water partition coefficient (Wildman–Crippen LogP) is 2.93. The van der Waals surface area contributed by atoms with Gasteiger partial charge < -0.3 is 15.1 Å². The first-order chi connectivity index (χ1) is 10.7. The molecule has 1 aromatic rings. The zero-order valence-electron chi connectivity index (χ0n) is 14.1. The average Bonchev–Trinajstić information content (AvgIpc) is 2.44. The molecule has 0 saturated heterocycles. The summed E-state index contributed by atoms with van der Waals surface area (Å²) in [6.45, 7) is 7.59. The third kappa shape index (κ3) is 4.44. The Morgan fingerprint density at radius 1 is 1.43 bits per heavy atom. The topological polar surface area (TPSA) is 60.8 Å². The van der Waals surface area contributed by atoms with E-state index >= 15 is 0 Å². The van der Waals surface area contributed by atoms with Gasteiger partial charge in [0.05, 0.1) is 6.42 Å². The highest BCUT2D eigenvalue weighted by molar-refractivity contribution is 5.67. The molecular weight excluding hydrogens is 297 g/mol. The summed E-state index contributed by atoms with van der Waals surface area (Å²) in [6, 6.07) is 4.78. The Morgan fingerprint density at radius 3 is 2.70 bits per heavy atom. The lowest BCUT2D eigenvalue weighted by atomic mass is 9.74. The molecule has 0 aliphatic carbocycles. The summed E-state index contributed by atoms with van der Waals surface area (Å²) in [6.07, 6.45) is 0.750. The van der Waals surface area contributed by atoms with Crippen molar-refractivity contribution >= 4 is 11.7 Å². The smallest absolute Gasteiger partial charge is 0.303 e. The van der Waals surface area contributed by atoms with E-state index in [1.54, 1.807) is 12.1 Å². The van der Waals surface area contributed by atoms with E-state index in [1.165, 1.54) is 6.07 Å². The van der Waals surface area contributed by atoms with Crippen molar-refractivity contribution in [2.45, 2.75) is 33.6 Å². The summed E-state index contributed by atoms with van der Waals surface area (Å²) in [5.74, 6) is -1.14. The van der Waals surface area contributed by atoms with Crippen LogP contribution in [0.4, 0.5) is 10.1 Å². The highest BCUT2D eigenvalue weighted by atomic mass is 19.1. The van der Waals surface area contributed by atoms with Gasteiger partial charge >= 0.3 is 5.97 Å². The highest BCUT2D eigenvalue weighted by Crippen LogP contribution is 2.38. The lowest BCUT2D eigenvalue weighted by Gasteiger charge is -2.42. The van der Waals surface area contributed by atoms with E-state index in [1.807, 2.05) is 0 Å². The first-order valence-corrected chi connectivity index (χ1v) is 8.06. The minimum Gasteiger partial charge on any atom is -0.481 e. The zero-order valence-corrected chi connectivity index (χ0v) is 14.1. The first-order valence-electron chi connectivity index (χ1n) is 8.06. The van der Waals surface area contributed by atoms with Crippen LogP contribution < -0.4 is 4.90 Å². The third-order valence-electron chi connectivity index (χ3n) is 4.71. The molecule has 23 heavy (non-hydrogen) atoms. The van der Waals surface area contributed by atoms with Crippen LogP contribution in [0, 0.1) is 23.1 Å². The molecule has 2 N–H and O–H groups in total. The van der Waals surface area contributed by atoms with Crippen molar-refractivity contribution in [2.24, 2.45) is 17.3 Å². The van der Waals surface area contributed by atoms with E-state index in [-0.39, 0.29) is 30.2 Å². The largest absolute Gasteiger partial charge is 0.481 e. The Morgan fingerprint density at radius 2 is 2.13 bits per heavy atom. The summed E-state index contributed by atoms with van der Waals surface area (Å²) < 4.78 is 13.6. The Kier molecular flexibility index (Phi) is 5.30. The minimum absolute atomic E-state index is 0.0658. The van der Waals surface area contributed by atoms with Gasteiger partial charge in [-0.25, -0.2) is 4.39 Å². The maximum atomic E-state index is 13.6. The van der Waals surface area contributed by atoms with Gasteiger partial charge in [-0.05, 0) is 41.5 Å². The van der Waals surface area contributed by atoms with E-state index in [2.05, 4.69) is 25.7 Å². The van der Waals surface area contributed by atoms with E-state index in [0.29, 0.717) is 12.5 Å². The van der Waals surface area contributed by atoms with E-state index in [9.17, 15) is 14.3 Å². The monoisotopic (exact) mass is 323 g/mol. The molecule has 0 radical (unpaired) electrons. The summed E-state index contributed by atoms with van der Waals surface area (Å²) in [7, 11) is 0. The number of aliphatic hydroxyl groups is 1. The SMILES string of the molecule is CC(C)(C)C1Cc2cc(F)ccc2N(CC(CO)CC(=O)O)C1. The van der Waals surface area contributed by atoms with Gasteiger partial charge in [0.1, 0.15) is 5.82 Å². The molecule has 2 rings (SSSR count). The second-order valence-electron chi connectivity index (χ2n) is 7.59. The van der Waals surface area contributed by atoms with Crippen molar-refractivity contribution in [3.63, 3.8) is 0 Å². The van der Waals surface area contributed by atoms with Crippen LogP contribution >= 0.6 is 0 Å². The molecule has 1 aliphatic rings. The molecule has 0 aromatic heterocycles. The molecule has 5 heteroatoms. The van der Waals surface area contributed by atoms with Gasteiger partial charge in [-0.2, -0.15) is 0 Å². The van der Waals surface area contributed by atoms with Gasteiger partial charge in [-0.15, -0.1) is 0 Å². The molecule has 0 saturated carbocycles. The van der Waals surface area contributed by atoms with Crippen LogP contribution in [-0.2, 0) is 11.2 Å². The van der Waals surface area contributed by atoms with Crippen molar-refractivity contribution < 1.29 is 19.4 Å².